The number of carbonyl (C=O) groups is 1. The molecule has 0 unspecified atom stereocenters. The summed E-state index contributed by atoms with van der Waals surface area (Å²) in [4.78, 5) is 12.0. The number of hydrogen-bond acceptors (Lipinski definition) is 3. The number of nitrogen functional groups attached to an aromatic ring is 1. The summed E-state index contributed by atoms with van der Waals surface area (Å²) >= 11 is 3.17. The van der Waals surface area contributed by atoms with Gasteiger partial charge in [0.2, 0.25) is 0 Å². The Kier molecular flexibility index (Phi) is 3.84. The highest BCUT2D eigenvalue weighted by atomic mass is 79.9. The van der Waals surface area contributed by atoms with Gasteiger partial charge in [-0.05, 0) is 35.0 Å². The van der Waals surface area contributed by atoms with E-state index in [0.717, 1.165) is 0 Å². The van der Waals surface area contributed by atoms with Gasteiger partial charge < -0.3 is 11.1 Å². The van der Waals surface area contributed by atoms with E-state index >= 15 is 0 Å². The molecule has 1 amide bonds. The molecular formula is C12H12BrFN4O. The number of anilines is 2. The monoisotopic (exact) mass is 326 g/mol. The molecule has 1 aromatic heterocycles. The molecule has 100 valence electrons. The Labute approximate surface area is 117 Å². The molecule has 1 heterocycles. The lowest BCUT2D eigenvalue weighted by atomic mass is 10.3. The number of aryl methyl sites for hydroxylation is 1. The maximum atomic E-state index is 13.6. The van der Waals surface area contributed by atoms with Gasteiger partial charge in [-0.1, -0.05) is 6.07 Å². The zero-order chi connectivity index (χ0) is 14.0. The molecule has 1 aromatic carbocycles. The Balaban J connectivity index is 2.28. The van der Waals surface area contributed by atoms with Crippen molar-refractivity contribution in [1.29, 1.82) is 0 Å². The summed E-state index contributed by atoms with van der Waals surface area (Å²) in [5.41, 5.74) is 6.10. The van der Waals surface area contributed by atoms with Crippen molar-refractivity contribution in [1.82, 2.24) is 9.78 Å². The van der Waals surface area contributed by atoms with Crippen LogP contribution in [0.2, 0.25) is 0 Å². The molecule has 0 atom stereocenters. The van der Waals surface area contributed by atoms with Crippen molar-refractivity contribution in [3.05, 3.63) is 40.4 Å². The first-order chi connectivity index (χ1) is 9.02. The average molecular weight is 327 g/mol. The predicted molar refractivity (Wildman–Crippen MR) is 74.4 cm³/mol. The molecule has 0 saturated carbocycles. The molecule has 0 aliphatic heterocycles. The first kappa shape index (κ1) is 13.5. The molecular weight excluding hydrogens is 315 g/mol. The minimum Gasteiger partial charge on any atom is -0.396 e. The van der Waals surface area contributed by atoms with Crippen molar-refractivity contribution in [2.45, 2.75) is 13.5 Å². The molecule has 0 saturated heterocycles. The number of nitrogens with one attached hydrogen (secondary N) is 1. The largest absolute Gasteiger partial charge is 0.396 e. The molecule has 0 aliphatic rings. The number of benzene rings is 1. The lowest BCUT2D eigenvalue weighted by molar-refractivity contribution is 0.102. The summed E-state index contributed by atoms with van der Waals surface area (Å²) in [5.74, 6) is -1.08. The fourth-order valence-corrected chi connectivity index (χ4v) is 2.01. The third-order valence-electron chi connectivity index (χ3n) is 2.53. The standard InChI is InChI=1S/C12H12BrFN4O/c1-2-18-6-9(15)11(17-18)12(19)16-10-7(13)4-3-5-8(10)14/h3-6H,2,15H2,1H3,(H,16,19). The minimum absolute atomic E-state index is 0.0675. The Morgan fingerprint density at radius 3 is 2.89 bits per heavy atom. The minimum atomic E-state index is -0.546. The molecule has 0 aliphatic carbocycles. The highest BCUT2D eigenvalue weighted by Crippen LogP contribution is 2.26. The van der Waals surface area contributed by atoms with E-state index in [1.165, 1.54) is 12.1 Å². The van der Waals surface area contributed by atoms with E-state index in [1.807, 2.05) is 6.92 Å². The quantitative estimate of drug-likeness (QED) is 0.910. The van der Waals surface area contributed by atoms with Crippen LogP contribution in [-0.4, -0.2) is 15.7 Å². The molecule has 0 spiro atoms. The number of rotatable bonds is 3. The van der Waals surface area contributed by atoms with E-state index in [4.69, 9.17) is 5.73 Å². The Bertz CT molecular complexity index is 606. The summed E-state index contributed by atoms with van der Waals surface area (Å²) in [7, 11) is 0. The molecule has 0 bridgehead atoms. The molecule has 0 fully saturated rings. The van der Waals surface area contributed by atoms with E-state index in [-0.39, 0.29) is 17.1 Å². The second-order valence-electron chi connectivity index (χ2n) is 3.84. The van der Waals surface area contributed by atoms with Crippen LogP contribution in [0, 0.1) is 5.82 Å². The van der Waals surface area contributed by atoms with Crippen molar-refractivity contribution in [2.75, 3.05) is 11.1 Å². The number of amides is 1. The van der Waals surface area contributed by atoms with Gasteiger partial charge in [-0.3, -0.25) is 9.48 Å². The number of halogens is 2. The molecule has 7 heteroatoms. The van der Waals surface area contributed by atoms with Gasteiger partial charge in [-0.2, -0.15) is 5.10 Å². The summed E-state index contributed by atoms with van der Waals surface area (Å²) < 4.78 is 15.6. The molecule has 2 rings (SSSR count). The van der Waals surface area contributed by atoms with Gasteiger partial charge >= 0.3 is 0 Å². The van der Waals surface area contributed by atoms with Gasteiger partial charge in [0.15, 0.2) is 5.69 Å². The molecule has 3 N–H and O–H groups in total. The van der Waals surface area contributed by atoms with E-state index in [0.29, 0.717) is 11.0 Å². The number of nitrogens with zero attached hydrogens (tertiary/aromatic N) is 2. The number of hydrogen-bond donors (Lipinski definition) is 2. The van der Waals surface area contributed by atoms with E-state index in [1.54, 1.807) is 16.9 Å². The van der Waals surface area contributed by atoms with E-state index < -0.39 is 11.7 Å². The second-order valence-corrected chi connectivity index (χ2v) is 4.69. The first-order valence-corrected chi connectivity index (χ1v) is 6.40. The van der Waals surface area contributed by atoms with Crippen molar-refractivity contribution >= 4 is 33.2 Å². The summed E-state index contributed by atoms with van der Waals surface area (Å²) in [6, 6.07) is 4.43. The zero-order valence-corrected chi connectivity index (χ0v) is 11.7. The van der Waals surface area contributed by atoms with Crippen LogP contribution >= 0.6 is 15.9 Å². The Morgan fingerprint density at radius 2 is 2.32 bits per heavy atom. The van der Waals surface area contributed by atoms with E-state index in [2.05, 4.69) is 26.3 Å². The molecule has 0 radical (unpaired) electrons. The fraction of sp³-hybridized carbons (Fsp3) is 0.167. The highest BCUT2D eigenvalue weighted by Gasteiger charge is 2.17. The average Bonchev–Trinajstić information content (AvgIpc) is 2.75. The normalized spacial score (nSPS) is 10.5. The maximum absolute atomic E-state index is 13.6. The van der Waals surface area contributed by atoms with Crippen molar-refractivity contribution in [3.63, 3.8) is 0 Å². The smallest absolute Gasteiger partial charge is 0.278 e. The van der Waals surface area contributed by atoms with Crippen LogP contribution in [0.25, 0.3) is 0 Å². The van der Waals surface area contributed by atoms with Crippen LogP contribution in [0.15, 0.2) is 28.9 Å². The molecule has 2 aromatic rings. The van der Waals surface area contributed by atoms with Crippen LogP contribution in [0.3, 0.4) is 0 Å². The lowest BCUT2D eigenvalue weighted by Crippen LogP contribution is -2.16. The van der Waals surface area contributed by atoms with Gasteiger partial charge in [-0.15, -0.1) is 0 Å². The predicted octanol–water partition coefficient (Wildman–Crippen LogP) is 2.64. The van der Waals surface area contributed by atoms with Crippen LogP contribution < -0.4 is 11.1 Å². The summed E-state index contributed by atoms with van der Waals surface area (Å²) in [6.07, 6.45) is 1.56. The second kappa shape index (κ2) is 5.40. The van der Waals surface area contributed by atoms with Crippen molar-refractivity contribution in [3.8, 4) is 0 Å². The van der Waals surface area contributed by atoms with Crippen molar-refractivity contribution in [2.24, 2.45) is 0 Å². The van der Waals surface area contributed by atoms with Crippen LogP contribution in [0.4, 0.5) is 15.8 Å². The number of aromatic nitrogens is 2. The van der Waals surface area contributed by atoms with Gasteiger partial charge in [0, 0.05) is 17.2 Å². The van der Waals surface area contributed by atoms with Gasteiger partial charge in [0.1, 0.15) is 5.82 Å². The first-order valence-electron chi connectivity index (χ1n) is 5.61. The van der Waals surface area contributed by atoms with E-state index in [9.17, 15) is 9.18 Å². The molecule has 5 nitrogen and oxygen atoms in total. The van der Waals surface area contributed by atoms with Crippen LogP contribution in [0.1, 0.15) is 17.4 Å². The fourth-order valence-electron chi connectivity index (χ4n) is 1.57. The topological polar surface area (TPSA) is 72.9 Å². The SMILES string of the molecule is CCn1cc(N)c(C(=O)Nc2c(F)cccc2Br)n1. The van der Waals surface area contributed by atoms with Gasteiger partial charge in [-0.25, -0.2) is 4.39 Å². The third-order valence-corrected chi connectivity index (χ3v) is 3.19. The summed E-state index contributed by atoms with van der Waals surface area (Å²) in [5, 5.41) is 6.48. The third kappa shape index (κ3) is 2.76. The summed E-state index contributed by atoms with van der Waals surface area (Å²) in [6.45, 7) is 2.47. The zero-order valence-electron chi connectivity index (χ0n) is 10.2. The number of nitrogens with two attached hydrogens (primary N) is 1. The lowest BCUT2D eigenvalue weighted by Gasteiger charge is -2.07. The number of para-hydroxylation sites is 1. The van der Waals surface area contributed by atoms with Crippen LogP contribution in [-0.2, 0) is 6.54 Å². The highest BCUT2D eigenvalue weighted by molar-refractivity contribution is 9.10. The van der Waals surface area contributed by atoms with Crippen molar-refractivity contribution < 1.29 is 9.18 Å². The maximum Gasteiger partial charge on any atom is 0.278 e. The van der Waals surface area contributed by atoms with Gasteiger partial charge in [0.05, 0.1) is 11.4 Å². The Hall–Kier alpha value is -1.89. The Morgan fingerprint density at radius 1 is 1.58 bits per heavy atom. The number of carbonyl (C=O) groups excluding carboxylic acids is 1. The van der Waals surface area contributed by atoms with Crippen LogP contribution in [0.5, 0.6) is 0 Å². The molecule has 19 heavy (non-hydrogen) atoms. The van der Waals surface area contributed by atoms with Gasteiger partial charge in [0.25, 0.3) is 5.91 Å².